The zero-order valence-corrected chi connectivity index (χ0v) is 11.4. The van der Waals surface area contributed by atoms with Crippen molar-refractivity contribution in [3.05, 3.63) is 28.2 Å². The molecular formula is C12H18BrNO3. The third-order valence-electron chi connectivity index (χ3n) is 2.52. The molecule has 3 N–H and O–H groups in total. The topological polar surface area (TPSA) is 61.7 Å². The van der Waals surface area contributed by atoms with Gasteiger partial charge in [-0.1, -0.05) is 15.9 Å². The van der Waals surface area contributed by atoms with E-state index in [1.165, 1.54) is 0 Å². The molecule has 4 nitrogen and oxygen atoms in total. The molecule has 17 heavy (non-hydrogen) atoms. The van der Waals surface area contributed by atoms with Crippen molar-refractivity contribution in [3.8, 4) is 5.75 Å². The molecule has 1 aromatic carbocycles. The molecular weight excluding hydrogens is 286 g/mol. The van der Waals surface area contributed by atoms with E-state index in [-0.39, 0.29) is 19.3 Å². The molecule has 0 aliphatic heterocycles. The van der Waals surface area contributed by atoms with Crippen molar-refractivity contribution in [2.75, 3.05) is 20.3 Å². The van der Waals surface area contributed by atoms with Crippen LogP contribution in [-0.2, 0) is 6.54 Å². The van der Waals surface area contributed by atoms with E-state index in [1.54, 1.807) is 7.11 Å². The first kappa shape index (κ1) is 14.4. The Morgan fingerprint density at radius 2 is 2.18 bits per heavy atom. The Morgan fingerprint density at radius 1 is 1.41 bits per heavy atom. The highest BCUT2D eigenvalue weighted by Crippen LogP contribution is 2.22. The van der Waals surface area contributed by atoms with Gasteiger partial charge in [0.25, 0.3) is 0 Å². The SMILES string of the molecule is COc1ccc(Br)cc1CNC(CO)CCO. The van der Waals surface area contributed by atoms with Crippen LogP contribution in [0.3, 0.4) is 0 Å². The number of ether oxygens (including phenoxy) is 1. The fourth-order valence-electron chi connectivity index (χ4n) is 1.55. The van der Waals surface area contributed by atoms with Crippen LogP contribution in [0.1, 0.15) is 12.0 Å². The summed E-state index contributed by atoms with van der Waals surface area (Å²) in [6, 6.07) is 5.68. The summed E-state index contributed by atoms with van der Waals surface area (Å²) in [6.45, 7) is 0.665. The molecule has 5 heteroatoms. The first-order valence-electron chi connectivity index (χ1n) is 5.48. The number of aliphatic hydroxyl groups excluding tert-OH is 2. The van der Waals surface area contributed by atoms with Gasteiger partial charge < -0.3 is 20.3 Å². The zero-order valence-electron chi connectivity index (χ0n) is 9.82. The van der Waals surface area contributed by atoms with Crippen LogP contribution in [0.2, 0.25) is 0 Å². The lowest BCUT2D eigenvalue weighted by Gasteiger charge is -2.16. The van der Waals surface area contributed by atoms with Gasteiger partial charge in [-0.15, -0.1) is 0 Å². The largest absolute Gasteiger partial charge is 0.496 e. The van der Waals surface area contributed by atoms with Gasteiger partial charge in [0.2, 0.25) is 0 Å². The van der Waals surface area contributed by atoms with Crippen molar-refractivity contribution in [1.82, 2.24) is 5.32 Å². The Bertz CT molecular complexity index is 347. The van der Waals surface area contributed by atoms with Gasteiger partial charge in [0.05, 0.1) is 13.7 Å². The maximum absolute atomic E-state index is 9.10. The summed E-state index contributed by atoms with van der Waals surface area (Å²) >= 11 is 3.41. The van der Waals surface area contributed by atoms with E-state index in [0.717, 1.165) is 15.8 Å². The summed E-state index contributed by atoms with van der Waals surface area (Å²) in [5.74, 6) is 0.807. The van der Waals surface area contributed by atoms with Gasteiger partial charge >= 0.3 is 0 Å². The van der Waals surface area contributed by atoms with Crippen molar-refractivity contribution in [3.63, 3.8) is 0 Å². The van der Waals surface area contributed by atoms with Crippen molar-refractivity contribution in [2.45, 2.75) is 19.0 Å². The maximum Gasteiger partial charge on any atom is 0.123 e. The molecule has 0 fully saturated rings. The Kier molecular flexibility index (Phi) is 6.50. The lowest BCUT2D eigenvalue weighted by molar-refractivity contribution is 0.199. The first-order valence-corrected chi connectivity index (χ1v) is 6.28. The average Bonchev–Trinajstić information content (AvgIpc) is 2.34. The minimum Gasteiger partial charge on any atom is -0.496 e. The first-order chi connectivity index (χ1) is 8.21. The number of methoxy groups -OCH3 is 1. The summed E-state index contributed by atoms with van der Waals surface area (Å²) in [5.41, 5.74) is 1.01. The van der Waals surface area contributed by atoms with Gasteiger partial charge in [0, 0.05) is 29.2 Å². The third-order valence-corrected chi connectivity index (χ3v) is 3.01. The number of nitrogens with one attached hydrogen (secondary N) is 1. The van der Waals surface area contributed by atoms with E-state index < -0.39 is 0 Å². The molecule has 0 heterocycles. The molecule has 0 aromatic heterocycles. The number of halogens is 1. The lowest BCUT2D eigenvalue weighted by Crippen LogP contribution is -2.32. The molecule has 0 saturated heterocycles. The van der Waals surface area contributed by atoms with Gasteiger partial charge in [0.1, 0.15) is 5.75 Å². The molecule has 0 saturated carbocycles. The molecule has 1 rings (SSSR count). The van der Waals surface area contributed by atoms with Crippen molar-refractivity contribution in [1.29, 1.82) is 0 Å². The van der Waals surface area contributed by atoms with Gasteiger partial charge in [0.15, 0.2) is 0 Å². The number of hydrogen-bond donors (Lipinski definition) is 3. The predicted molar refractivity (Wildman–Crippen MR) is 70.1 cm³/mol. The Labute approximate surface area is 110 Å². The normalized spacial score (nSPS) is 12.5. The maximum atomic E-state index is 9.10. The summed E-state index contributed by atoms with van der Waals surface area (Å²) < 4.78 is 6.24. The molecule has 0 bridgehead atoms. The Hall–Kier alpha value is -0.620. The molecule has 1 aromatic rings. The van der Waals surface area contributed by atoms with E-state index >= 15 is 0 Å². The summed E-state index contributed by atoms with van der Waals surface area (Å²) in [4.78, 5) is 0. The molecule has 0 radical (unpaired) electrons. The van der Waals surface area contributed by atoms with Gasteiger partial charge in [-0.3, -0.25) is 0 Å². The third kappa shape index (κ3) is 4.63. The minimum atomic E-state index is -0.0938. The average molecular weight is 304 g/mol. The standard InChI is InChI=1S/C12H18BrNO3/c1-17-12-3-2-10(13)6-9(12)7-14-11(8-16)4-5-15/h2-3,6,11,14-16H,4-5,7-8H2,1H3. The van der Waals surface area contributed by atoms with Crippen LogP contribution >= 0.6 is 15.9 Å². The number of rotatable bonds is 7. The monoisotopic (exact) mass is 303 g/mol. The lowest BCUT2D eigenvalue weighted by atomic mass is 10.1. The smallest absolute Gasteiger partial charge is 0.123 e. The van der Waals surface area contributed by atoms with Crippen LogP contribution in [-0.4, -0.2) is 36.6 Å². The second-order valence-corrected chi connectivity index (χ2v) is 4.64. The molecule has 1 unspecified atom stereocenters. The van der Waals surface area contributed by atoms with Crippen LogP contribution in [0.4, 0.5) is 0 Å². The van der Waals surface area contributed by atoms with Crippen molar-refractivity contribution < 1.29 is 14.9 Å². The van der Waals surface area contributed by atoms with Crippen molar-refractivity contribution in [2.24, 2.45) is 0 Å². The summed E-state index contributed by atoms with van der Waals surface area (Å²) in [7, 11) is 1.63. The number of benzene rings is 1. The molecule has 0 aliphatic rings. The van der Waals surface area contributed by atoms with E-state index in [4.69, 9.17) is 14.9 Å². The van der Waals surface area contributed by atoms with E-state index in [9.17, 15) is 0 Å². The number of aliphatic hydroxyl groups is 2. The Morgan fingerprint density at radius 3 is 2.76 bits per heavy atom. The Balaban J connectivity index is 2.63. The molecule has 0 aliphatic carbocycles. The van der Waals surface area contributed by atoms with E-state index in [1.807, 2.05) is 18.2 Å². The fraction of sp³-hybridized carbons (Fsp3) is 0.500. The highest BCUT2D eigenvalue weighted by atomic mass is 79.9. The van der Waals surface area contributed by atoms with E-state index in [0.29, 0.717) is 13.0 Å². The van der Waals surface area contributed by atoms with Crippen LogP contribution in [0, 0.1) is 0 Å². The van der Waals surface area contributed by atoms with E-state index in [2.05, 4.69) is 21.2 Å². The molecule has 1 atom stereocenters. The molecule has 0 spiro atoms. The summed E-state index contributed by atoms with van der Waals surface area (Å²) in [6.07, 6.45) is 0.535. The zero-order chi connectivity index (χ0) is 12.7. The predicted octanol–water partition coefficient (Wildman–Crippen LogP) is 1.29. The highest BCUT2D eigenvalue weighted by molar-refractivity contribution is 9.10. The molecule has 0 amide bonds. The number of hydrogen-bond acceptors (Lipinski definition) is 4. The second-order valence-electron chi connectivity index (χ2n) is 3.73. The van der Waals surface area contributed by atoms with Crippen LogP contribution in [0.5, 0.6) is 5.75 Å². The summed E-state index contributed by atoms with van der Waals surface area (Å²) in [5, 5.41) is 21.1. The van der Waals surface area contributed by atoms with Gasteiger partial charge in [-0.2, -0.15) is 0 Å². The second kappa shape index (κ2) is 7.66. The van der Waals surface area contributed by atoms with Crippen LogP contribution < -0.4 is 10.1 Å². The van der Waals surface area contributed by atoms with Crippen LogP contribution in [0.15, 0.2) is 22.7 Å². The minimum absolute atomic E-state index is 0.0108. The van der Waals surface area contributed by atoms with Gasteiger partial charge in [-0.25, -0.2) is 0 Å². The molecule has 96 valence electrons. The quantitative estimate of drug-likeness (QED) is 0.710. The van der Waals surface area contributed by atoms with Gasteiger partial charge in [-0.05, 0) is 24.6 Å². The highest BCUT2D eigenvalue weighted by Gasteiger charge is 2.08. The van der Waals surface area contributed by atoms with Crippen molar-refractivity contribution >= 4 is 15.9 Å². The van der Waals surface area contributed by atoms with Crippen LogP contribution in [0.25, 0.3) is 0 Å². The fourth-order valence-corrected chi connectivity index (χ4v) is 1.96.